The largest absolute Gasteiger partial charge is 0.351 e. The molecule has 1 aliphatic rings. The van der Waals surface area contributed by atoms with Crippen molar-refractivity contribution in [1.82, 2.24) is 19.8 Å². The van der Waals surface area contributed by atoms with E-state index >= 15 is 0 Å². The van der Waals surface area contributed by atoms with Gasteiger partial charge in [0.15, 0.2) is 0 Å². The number of rotatable bonds is 4. The first-order valence-corrected chi connectivity index (χ1v) is 10.8. The number of carbonyl (C=O) groups excluding carboxylic acids is 2. The van der Waals surface area contributed by atoms with Crippen LogP contribution in [0.1, 0.15) is 29.8 Å². The average molecular weight is 436 g/mol. The predicted molar refractivity (Wildman–Crippen MR) is 124 cm³/mol. The first-order chi connectivity index (χ1) is 15.4. The number of nitrogens with one attached hydrogen (secondary N) is 2. The molecule has 2 aromatic carbocycles. The highest BCUT2D eigenvalue weighted by Crippen LogP contribution is 2.22. The van der Waals surface area contributed by atoms with Gasteiger partial charge in [0.25, 0.3) is 5.91 Å². The summed E-state index contributed by atoms with van der Waals surface area (Å²) in [6.45, 7) is 6.24. The number of anilines is 1. The number of amides is 3. The molecule has 32 heavy (non-hydrogen) atoms. The summed E-state index contributed by atoms with van der Waals surface area (Å²) >= 11 is 0. The third kappa shape index (κ3) is 4.46. The maximum Gasteiger partial charge on any atom is 0.321 e. The smallest absolute Gasteiger partial charge is 0.321 e. The predicted octanol–water partition coefficient (Wildman–Crippen LogP) is 3.42. The summed E-state index contributed by atoms with van der Waals surface area (Å²) in [6, 6.07) is 15.4. The van der Waals surface area contributed by atoms with Gasteiger partial charge in [0.05, 0.1) is 0 Å². The molecule has 3 amide bonds. The second-order valence-corrected chi connectivity index (χ2v) is 8.54. The molecule has 0 spiro atoms. The Bertz CT molecular complexity index is 1110. The highest BCUT2D eigenvalue weighted by Gasteiger charge is 2.31. The molecule has 0 bridgehead atoms. The van der Waals surface area contributed by atoms with Crippen LogP contribution >= 0.6 is 0 Å². The molecule has 1 saturated heterocycles. The minimum atomic E-state index is -0.524. The summed E-state index contributed by atoms with van der Waals surface area (Å²) in [5.74, 6) is -0.524. The molecular formula is C24H29N5O3. The lowest BCUT2D eigenvalue weighted by Crippen LogP contribution is -2.58. The van der Waals surface area contributed by atoms with E-state index in [1.807, 2.05) is 54.5 Å². The number of benzene rings is 2. The number of piperazine rings is 1. The molecule has 0 saturated carbocycles. The first kappa shape index (κ1) is 21.9. The van der Waals surface area contributed by atoms with Crippen LogP contribution in [0.2, 0.25) is 0 Å². The SMILES string of the molecule is CC1CN(C(=O)Nc2ccc3c(ccn3C)c2)CC(C)N1Cc1ccc(C(=O)NO)cc1. The molecule has 1 aromatic heterocycles. The number of aromatic nitrogens is 1. The molecule has 3 N–H and O–H groups in total. The van der Waals surface area contributed by atoms with Crippen LogP contribution in [-0.4, -0.2) is 56.7 Å². The fourth-order valence-electron chi connectivity index (χ4n) is 4.43. The fourth-order valence-corrected chi connectivity index (χ4v) is 4.43. The Kier molecular flexibility index (Phi) is 6.16. The maximum atomic E-state index is 12.9. The standard InChI is InChI=1S/C24H29N5O3/c1-16-13-28(24(31)25-21-8-9-22-20(12-21)10-11-27(22)3)14-17(2)29(16)15-18-4-6-19(7-5-18)23(30)26-32/h4-12,16-17,32H,13-15H2,1-3H3,(H,25,31)(H,26,30). The van der Waals surface area contributed by atoms with E-state index in [-0.39, 0.29) is 18.1 Å². The molecule has 0 aliphatic carbocycles. The molecule has 8 heteroatoms. The molecule has 1 fully saturated rings. The summed E-state index contributed by atoms with van der Waals surface area (Å²) in [4.78, 5) is 28.7. The van der Waals surface area contributed by atoms with Crippen LogP contribution in [0.5, 0.6) is 0 Å². The van der Waals surface area contributed by atoms with Crippen LogP contribution in [-0.2, 0) is 13.6 Å². The van der Waals surface area contributed by atoms with Gasteiger partial charge in [-0.2, -0.15) is 0 Å². The number of nitrogens with zero attached hydrogens (tertiary/aromatic N) is 3. The monoisotopic (exact) mass is 435 g/mol. The average Bonchev–Trinajstić information content (AvgIpc) is 3.16. The zero-order valence-corrected chi connectivity index (χ0v) is 18.6. The van der Waals surface area contributed by atoms with E-state index in [4.69, 9.17) is 5.21 Å². The van der Waals surface area contributed by atoms with E-state index in [1.54, 1.807) is 17.6 Å². The number of fused-ring (bicyclic) bond motifs is 1. The van der Waals surface area contributed by atoms with Crippen molar-refractivity contribution in [2.24, 2.45) is 7.05 Å². The Hall–Kier alpha value is -3.36. The Morgan fingerprint density at radius 1 is 1.03 bits per heavy atom. The molecule has 2 heterocycles. The highest BCUT2D eigenvalue weighted by atomic mass is 16.5. The molecular weight excluding hydrogens is 406 g/mol. The lowest BCUT2D eigenvalue weighted by molar-refractivity contribution is 0.0526. The Labute approximate surface area is 187 Å². The van der Waals surface area contributed by atoms with Crippen molar-refractivity contribution >= 4 is 28.5 Å². The zero-order chi connectivity index (χ0) is 22.8. The van der Waals surface area contributed by atoms with Crippen LogP contribution in [0.15, 0.2) is 54.7 Å². The minimum absolute atomic E-state index is 0.0852. The Morgan fingerprint density at radius 2 is 1.72 bits per heavy atom. The van der Waals surface area contributed by atoms with Gasteiger partial charge in [-0.25, -0.2) is 10.3 Å². The number of aryl methyl sites for hydroxylation is 1. The number of carbonyl (C=O) groups is 2. The van der Waals surface area contributed by atoms with Gasteiger partial charge in [0, 0.05) is 67.1 Å². The lowest BCUT2D eigenvalue weighted by atomic mass is 10.1. The van der Waals surface area contributed by atoms with Gasteiger partial charge in [0.1, 0.15) is 0 Å². The topological polar surface area (TPSA) is 89.8 Å². The number of urea groups is 1. The van der Waals surface area contributed by atoms with E-state index in [1.165, 1.54) is 0 Å². The third-order valence-electron chi connectivity index (χ3n) is 6.21. The van der Waals surface area contributed by atoms with E-state index in [0.29, 0.717) is 18.7 Å². The molecule has 168 valence electrons. The third-order valence-corrected chi connectivity index (χ3v) is 6.21. The van der Waals surface area contributed by atoms with E-state index in [0.717, 1.165) is 28.7 Å². The van der Waals surface area contributed by atoms with Crippen LogP contribution < -0.4 is 10.8 Å². The van der Waals surface area contributed by atoms with Crippen molar-refractivity contribution in [3.63, 3.8) is 0 Å². The number of hydroxylamine groups is 1. The summed E-state index contributed by atoms with van der Waals surface area (Å²) in [5, 5.41) is 12.9. The van der Waals surface area contributed by atoms with Crippen molar-refractivity contribution in [3.8, 4) is 0 Å². The number of hydrogen-bond acceptors (Lipinski definition) is 4. The van der Waals surface area contributed by atoms with Crippen molar-refractivity contribution < 1.29 is 14.8 Å². The summed E-state index contributed by atoms with van der Waals surface area (Å²) in [5.41, 5.74) is 5.05. The quantitative estimate of drug-likeness (QED) is 0.433. The second kappa shape index (κ2) is 9.02. The molecule has 2 atom stereocenters. The van der Waals surface area contributed by atoms with Crippen LogP contribution in [0, 0.1) is 0 Å². The second-order valence-electron chi connectivity index (χ2n) is 8.54. The van der Waals surface area contributed by atoms with E-state index < -0.39 is 5.91 Å². The molecule has 4 rings (SSSR count). The lowest BCUT2D eigenvalue weighted by Gasteiger charge is -2.44. The van der Waals surface area contributed by atoms with E-state index in [9.17, 15) is 9.59 Å². The van der Waals surface area contributed by atoms with Crippen LogP contribution in [0.4, 0.5) is 10.5 Å². The zero-order valence-electron chi connectivity index (χ0n) is 18.6. The summed E-state index contributed by atoms with van der Waals surface area (Å²) in [7, 11) is 2.00. The highest BCUT2D eigenvalue weighted by molar-refractivity contribution is 5.93. The Morgan fingerprint density at radius 3 is 2.38 bits per heavy atom. The van der Waals surface area contributed by atoms with Gasteiger partial charge in [-0.15, -0.1) is 0 Å². The maximum absolute atomic E-state index is 12.9. The van der Waals surface area contributed by atoms with Gasteiger partial charge in [-0.3, -0.25) is 14.9 Å². The van der Waals surface area contributed by atoms with Gasteiger partial charge in [0.2, 0.25) is 0 Å². The fraction of sp³-hybridized carbons (Fsp3) is 0.333. The molecule has 2 unspecified atom stereocenters. The van der Waals surface area contributed by atoms with Gasteiger partial charge in [-0.1, -0.05) is 12.1 Å². The van der Waals surface area contributed by atoms with Gasteiger partial charge in [-0.05, 0) is 55.8 Å². The first-order valence-electron chi connectivity index (χ1n) is 10.8. The molecule has 1 aliphatic heterocycles. The van der Waals surface area contributed by atoms with Crippen molar-refractivity contribution in [3.05, 3.63) is 65.9 Å². The van der Waals surface area contributed by atoms with E-state index in [2.05, 4.69) is 28.6 Å². The van der Waals surface area contributed by atoms with Gasteiger partial charge >= 0.3 is 6.03 Å². The Balaban J connectivity index is 1.38. The molecule has 8 nitrogen and oxygen atoms in total. The number of hydrogen-bond donors (Lipinski definition) is 3. The van der Waals surface area contributed by atoms with Gasteiger partial charge < -0.3 is 14.8 Å². The van der Waals surface area contributed by atoms with Crippen molar-refractivity contribution in [2.75, 3.05) is 18.4 Å². The normalized spacial score (nSPS) is 19.2. The minimum Gasteiger partial charge on any atom is -0.351 e. The van der Waals surface area contributed by atoms with Crippen molar-refractivity contribution in [2.45, 2.75) is 32.5 Å². The van der Waals surface area contributed by atoms with Crippen LogP contribution in [0.3, 0.4) is 0 Å². The molecule has 0 radical (unpaired) electrons. The van der Waals surface area contributed by atoms with Crippen LogP contribution in [0.25, 0.3) is 10.9 Å². The summed E-state index contributed by atoms with van der Waals surface area (Å²) in [6.07, 6.45) is 2.01. The summed E-state index contributed by atoms with van der Waals surface area (Å²) < 4.78 is 2.05. The molecule has 3 aromatic rings. The van der Waals surface area contributed by atoms with Crippen molar-refractivity contribution in [1.29, 1.82) is 0 Å².